The highest BCUT2D eigenvalue weighted by molar-refractivity contribution is 6.31. The van der Waals surface area contributed by atoms with Crippen LogP contribution in [0.4, 0.5) is 13.2 Å². The minimum Gasteiger partial charge on any atom is -0.352 e. The Bertz CT molecular complexity index is 674. The summed E-state index contributed by atoms with van der Waals surface area (Å²) in [6, 6.07) is 3.44. The highest BCUT2D eigenvalue weighted by atomic mass is 35.5. The molecule has 25 heavy (non-hydrogen) atoms. The van der Waals surface area contributed by atoms with Crippen LogP contribution in [0.1, 0.15) is 30.4 Å². The first-order valence-corrected chi connectivity index (χ1v) is 8.25. The second-order valence-corrected chi connectivity index (χ2v) is 6.11. The molecule has 1 fully saturated rings. The SMILES string of the molecule is O=C(/C=C/c1ccc(Cl)c(C(F)(F)F)c1)NCCCN1CCCC1=O. The van der Waals surface area contributed by atoms with Gasteiger partial charge in [-0.2, -0.15) is 13.2 Å². The fraction of sp³-hybridized carbons (Fsp3) is 0.412. The molecular weight excluding hydrogens is 357 g/mol. The molecule has 1 saturated heterocycles. The Hall–Kier alpha value is -2.02. The highest BCUT2D eigenvalue weighted by Crippen LogP contribution is 2.35. The summed E-state index contributed by atoms with van der Waals surface area (Å²) < 4.78 is 38.3. The second-order valence-electron chi connectivity index (χ2n) is 5.70. The number of amides is 2. The van der Waals surface area contributed by atoms with Crippen LogP contribution in [0.25, 0.3) is 6.08 Å². The van der Waals surface area contributed by atoms with Gasteiger partial charge in [0.05, 0.1) is 10.6 Å². The number of rotatable bonds is 6. The number of hydrogen-bond donors (Lipinski definition) is 1. The van der Waals surface area contributed by atoms with Crippen LogP contribution in [0.15, 0.2) is 24.3 Å². The Morgan fingerprint density at radius 1 is 1.36 bits per heavy atom. The number of halogens is 4. The molecule has 1 aliphatic rings. The first-order chi connectivity index (χ1) is 11.8. The fourth-order valence-corrected chi connectivity index (χ4v) is 2.74. The van der Waals surface area contributed by atoms with Gasteiger partial charge in [-0.05, 0) is 36.6 Å². The average Bonchev–Trinajstić information content (AvgIpc) is 2.95. The number of likely N-dealkylation sites (tertiary alicyclic amines) is 1. The lowest BCUT2D eigenvalue weighted by Gasteiger charge is -2.14. The normalized spacial score (nSPS) is 15.2. The van der Waals surface area contributed by atoms with E-state index in [2.05, 4.69) is 5.32 Å². The van der Waals surface area contributed by atoms with Gasteiger partial charge in [0.2, 0.25) is 11.8 Å². The van der Waals surface area contributed by atoms with E-state index < -0.39 is 17.6 Å². The maximum Gasteiger partial charge on any atom is 0.417 e. The monoisotopic (exact) mass is 374 g/mol. The third-order valence-corrected chi connectivity index (χ3v) is 4.13. The zero-order chi connectivity index (χ0) is 18.4. The first kappa shape index (κ1) is 19.3. The molecule has 0 atom stereocenters. The predicted octanol–water partition coefficient (Wildman–Crippen LogP) is 3.50. The van der Waals surface area contributed by atoms with E-state index in [-0.39, 0.29) is 16.5 Å². The molecule has 8 heteroatoms. The van der Waals surface area contributed by atoms with Crippen LogP contribution >= 0.6 is 11.6 Å². The number of nitrogens with zero attached hydrogens (tertiary/aromatic N) is 1. The maximum absolute atomic E-state index is 12.8. The van der Waals surface area contributed by atoms with Crippen molar-refractivity contribution >= 4 is 29.5 Å². The van der Waals surface area contributed by atoms with Crippen molar-refractivity contribution in [3.8, 4) is 0 Å². The third kappa shape index (κ3) is 5.77. The summed E-state index contributed by atoms with van der Waals surface area (Å²) in [6.45, 7) is 1.74. The first-order valence-electron chi connectivity index (χ1n) is 7.88. The zero-order valence-electron chi connectivity index (χ0n) is 13.4. The Morgan fingerprint density at radius 2 is 2.12 bits per heavy atom. The number of nitrogens with one attached hydrogen (secondary N) is 1. The molecule has 1 heterocycles. The van der Waals surface area contributed by atoms with Gasteiger partial charge in [0.1, 0.15) is 0 Å². The van der Waals surface area contributed by atoms with Gasteiger partial charge in [-0.3, -0.25) is 9.59 Å². The van der Waals surface area contributed by atoms with E-state index in [0.717, 1.165) is 25.1 Å². The second kappa shape index (κ2) is 8.38. The minimum absolute atomic E-state index is 0.134. The van der Waals surface area contributed by atoms with E-state index in [9.17, 15) is 22.8 Å². The summed E-state index contributed by atoms with van der Waals surface area (Å²) in [7, 11) is 0. The predicted molar refractivity (Wildman–Crippen MR) is 88.9 cm³/mol. The molecule has 0 aliphatic carbocycles. The molecule has 2 amide bonds. The van der Waals surface area contributed by atoms with Crippen molar-refractivity contribution in [2.24, 2.45) is 0 Å². The molecule has 0 spiro atoms. The number of alkyl halides is 3. The molecule has 0 aromatic heterocycles. The van der Waals surface area contributed by atoms with E-state index in [1.165, 1.54) is 18.2 Å². The fourth-order valence-electron chi connectivity index (χ4n) is 2.52. The van der Waals surface area contributed by atoms with Crippen LogP contribution in [-0.2, 0) is 15.8 Å². The Kier molecular flexibility index (Phi) is 6.47. The summed E-state index contributed by atoms with van der Waals surface area (Å²) in [5, 5.41) is 2.25. The highest BCUT2D eigenvalue weighted by Gasteiger charge is 2.33. The molecule has 1 N–H and O–H groups in total. The van der Waals surface area contributed by atoms with Crippen LogP contribution in [0, 0.1) is 0 Å². The van der Waals surface area contributed by atoms with E-state index in [1.807, 2.05) is 0 Å². The van der Waals surface area contributed by atoms with Crippen LogP contribution in [-0.4, -0.2) is 36.3 Å². The lowest BCUT2D eigenvalue weighted by Crippen LogP contribution is -2.29. The van der Waals surface area contributed by atoms with Crippen LogP contribution < -0.4 is 5.32 Å². The van der Waals surface area contributed by atoms with Crippen LogP contribution in [0.2, 0.25) is 5.02 Å². The van der Waals surface area contributed by atoms with Crippen LogP contribution in [0.5, 0.6) is 0 Å². The van der Waals surface area contributed by atoms with Gasteiger partial charge in [-0.1, -0.05) is 17.7 Å². The zero-order valence-corrected chi connectivity index (χ0v) is 14.2. The number of carbonyl (C=O) groups excluding carboxylic acids is 2. The summed E-state index contributed by atoms with van der Waals surface area (Å²) in [4.78, 5) is 24.9. The Labute approximate surface area is 148 Å². The number of carbonyl (C=O) groups is 2. The molecule has 1 aromatic carbocycles. The molecule has 1 aromatic rings. The summed E-state index contributed by atoms with van der Waals surface area (Å²) >= 11 is 5.54. The van der Waals surface area contributed by atoms with E-state index in [0.29, 0.717) is 25.9 Å². The van der Waals surface area contributed by atoms with Gasteiger partial charge in [0.25, 0.3) is 0 Å². The average molecular weight is 375 g/mol. The van der Waals surface area contributed by atoms with Gasteiger partial charge in [-0.15, -0.1) is 0 Å². The number of hydrogen-bond acceptors (Lipinski definition) is 2. The van der Waals surface area contributed by atoms with E-state index >= 15 is 0 Å². The van der Waals surface area contributed by atoms with Gasteiger partial charge in [0, 0.05) is 32.1 Å². The summed E-state index contributed by atoms with van der Waals surface area (Å²) in [6.07, 6.45) is 0.00101. The molecule has 1 aliphatic heterocycles. The summed E-state index contributed by atoms with van der Waals surface area (Å²) in [5.41, 5.74) is -0.707. The Balaban J connectivity index is 1.81. The third-order valence-electron chi connectivity index (χ3n) is 3.80. The van der Waals surface area contributed by atoms with Gasteiger partial charge in [-0.25, -0.2) is 0 Å². The van der Waals surface area contributed by atoms with Crippen LogP contribution in [0.3, 0.4) is 0 Å². The smallest absolute Gasteiger partial charge is 0.352 e. The maximum atomic E-state index is 12.8. The van der Waals surface area contributed by atoms with Gasteiger partial charge >= 0.3 is 6.18 Å². The van der Waals surface area contributed by atoms with Crippen molar-refractivity contribution in [1.29, 1.82) is 0 Å². The van der Waals surface area contributed by atoms with Crippen molar-refractivity contribution in [2.75, 3.05) is 19.6 Å². The minimum atomic E-state index is -4.55. The molecule has 0 unspecified atom stereocenters. The molecule has 0 radical (unpaired) electrons. The quantitative estimate of drug-likeness (QED) is 0.612. The molecule has 136 valence electrons. The lowest BCUT2D eigenvalue weighted by molar-refractivity contribution is -0.137. The van der Waals surface area contributed by atoms with Crippen molar-refractivity contribution in [3.05, 3.63) is 40.4 Å². The Morgan fingerprint density at radius 3 is 2.76 bits per heavy atom. The van der Waals surface area contributed by atoms with Crippen molar-refractivity contribution < 1.29 is 22.8 Å². The van der Waals surface area contributed by atoms with Crippen molar-refractivity contribution in [2.45, 2.75) is 25.4 Å². The molecule has 0 bridgehead atoms. The van der Waals surface area contributed by atoms with E-state index in [4.69, 9.17) is 11.6 Å². The lowest BCUT2D eigenvalue weighted by atomic mass is 10.1. The van der Waals surface area contributed by atoms with Crippen molar-refractivity contribution in [1.82, 2.24) is 10.2 Å². The molecule has 2 rings (SSSR count). The molecular formula is C17H18ClF3N2O2. The van der Waals surface area contributed by atoms with E-state index in [1.54, 1.807) is 4.90 Å². The summed E-state index contributed by atoms with van der Waals surface area (Å²) in [5.74, 6) is -0.273. The van der Waals surface area contributed by atoms with Gasteiger partial charge in [0.15, 0.2) is 0 Å². The number of benzene rings is 1. The largest absolute Gasteiger partial charge is 0.417 e. The molecule has 0 saturated carbocycles. The molecule has 4 nitrogen and oxygen atoms in total. The van der Waals surface area contributed by atoms with Crippen molar-refractivity contribution in [3.63, 3.8) is 0 Å². The van der Waals surface area contributed by atoms with Gasteiger partial charge < -0.3 is 10.2 Å². The standard InChI is InChI=1S/C17H18ClF3N2O2/c18-14-6-4-12(11-13(14)17(19,20)21)5-7-15(24)22-8-2-10-23-9-1-3-16(23)25/h4-7,11H,1-3,8-10H2,(H,22,24)/b7-5+. The topological polar surface area (TPSA) is 49.4 Å².